The molecule has 2 aliphatic rings. The third-order valence-corrected chi connectivity index (χ3v) is 4.78. The Hall–Kier alpha value is -0.610. The third kappa shape index (κ3) is 6.35. The Labute approximate surface area is 130 Å². The molecule has 0 unspecified atom stereocenters. The van der Waals surface area contributed by atoms with Crippen molar-refractivity contribution in [3.8, 4) is 0 Å². The number of piperidine rings is 1. The maximum absolute atomic E-state index is 12.1. The molecule has 122 valence electrons. The van der Waals surface area contributed by atoms with E-state index in [-0.39, 0.29) is 0 Å². The zero-order valence-electron chi connectivity index (χ0n) is 13.9. The van der Waals surface area contributed by atoms with Gasteiger partial charge in [0.15, 0.2) is 0 Å². The zero-order valence-corrected chi connectivity index (χ0v) is 13.9. The molecule has 1 saturated heterocycles. The average molecular weight is 295 g/mol. The summed E-state index contributed by atoms with van der Waals surface area (Å²) in [4.78, 5) is 16.7. The van der Waals surface area contributed by atoms with E-state index >= 15 is 0 Å². The Kier molecular flexibility index (Phi) is 6.97. The summed E-state index contributed by atoms with van der Waals surface area (Å²) in [6, 6.07) is 0.710. The van der Waals surface area contributed by atoms with Crippen LogP contribution < -0.4 is 5.32 Å². The van der Waals surface area contributed by atoms with Crippen LogP contribution in [0.15, 0.2) is 0 Å². The fourth-order valence-electron chi connectivity index (χ4n) is 3.15. The zero-order chi connectivity index (χ0) is 15.1. The fourth-order valence-corrected chi connectivity index (χ4v) is 3.15. The molecule has 0 radical (unpaired) electrons. The number of rotatable bonds is 9. The molecule has 1 amide bonds. The normalized spacial score (nSPS) is 20.2. The van der Waals surface area contributed by atoms with Gasteiger partial charge in [-0.1, -0.05) is 13.3 Å². The van der Waals surface area contributed by atoms with Gasteiger partial charge in [0.1, 0.15) is 0 Å². The monoisotopic (exact) mass is 295 g/mol. The minimum absolute atomic E-state index is 0.348. The summed E-state index contributed by atoms with van der Waals surface area (Å²) >= 11 is 0. The fraction of sp³-hybridized carbons (Fsp3) is 0.941. The summed E-state index contributed by atoms with van der Waals surface area (Å²) in [5.74, 6) is 1.13. The Morgan fingerprint density at radius 2 is 1.95 bits per heavy atom. The quantitative estimate of drug-likeness (QED) is 0.707. The van der Waals surface area contributed by atoms with E-state index in [1.54, 1.807) is 0 Å². The third-order valence-electron chi connectivity index (χ3n) is 4.78. The van der Waals surface area contributed by atoms with Crippen LogP contribution in [0.3, 0.4) is 0 Å². The predicted octanol–water partition coefficient (Wildman–Crippen LogP) is 2.10. The Morgan fingerprint density at radius 3 is 2.57 bits per heavy atom. The van der Waals surface area contributed by atoms with Gasteiger partial charge in [0.2, 0.25) is 5.91 Å². The molecular formula is C17H33N3O. The van der Waals surface area contributed by atoms with Crippen LogP contribution in [-0.4, -0.2) is 61.5 Å². The first-order chi connectivity index (χ1) is 10.2. The number of nitrogens with one attached hydrogen (secondary N) is 1. The van der Waals surface area contributed by atoms with Crippen molar-refractivity contribution in [1.29, 1.82) is 0 Å². The number of nitrogens with zero attached hydrogens (tertiary/aromatic N) is 2. The summed E-state index contributed by atoms with van der Waals surface area (Å²) in [6.45, 7) is 7.45. The summed E-state index contributed by atoms with van der Waals surface area (Å²) in [7, 11) is 2.23. The van der Waals surface area contributed by atoms with E-state index < -0.39 is 0 Å². The largest absolute Gasteiger partial charge is 0.343 e. The average Bonchev–Trinajstić information content (AvgIpc) is 3.30. The summed E-state index contributed by atoms with van der Waals surface area (Å²) in [5, 5.41) is 3.43. The van der Waals surface area contributed by atoms with Gasteiger partial charge in [-0.25, -0.2) is 0 Å². The Balaban J connectivity index is 1.57. The van der Waals surface area contributed by atoms with E-state index in [9.17, 15) is 4.79 Å². The van der Waals surface area contributed by atoms with Gasteiger partial charge >= 0.3 is 0 Å². The molecule has 1 aliphatic carbocycles. The van der Waals surface area contributed by atoms with Gasteiger partial charge in [0, 0.05) is 38.6 Å². The highest BCUT2D eigenvalue weighted by Gasteiger charge is 2.24. The molecule has 2 rings (SSSR count). The van der Waals surface area contributed by atoms with Gasteiger partial charge in [-0.15, -0.1) is 0 Å². The molecule has 0 spiro atoms. The lowest BCUT2D eigenvalue weighted by atomic mass is 9.96. The van der Waals surface area contributed by atoms with Gasteiger partial charge in [-0.2, -0.15) is 0 Å². The minimum Gasteiger partial charge on any atom is -0.343 e. The first-order valence-electron chi connectivity index (χ1n) is 8.88. The number of unbranched alkanes of at least 4 members (excludes halogenated alkanes) is 1. The van der Waals surface area contributed by atoms with Gasteiger partial charge in [-0.05, 0) is 51.6 Å². The molecule has 0 atom stereocenters. The van der Waals surface area contributed by atoms with Crippen LogP contribution in [0.25, 0.3) is 0 Å². The highest BCUT2D eigenvalue weighted by Crippen LogP contribution is 2.20. The minimum atomic E-state index is 0.348. The van der Waals surface area contributed by atoms with Gasteiger partial charge in [0.05, 0.1) is 0 Å². The number of likely N-dealkylation sites (tertiary alicyclic amines) is 1. The SMILES string of the molecule is CCCCN(C)CC1CCN(C(=O)CCNC2CC2)CC1. The van der Waals surface area contributed by atoms with E-state index in [4.69, 9.17) is 0 Å². The van der Waals surface area contributed by atoms with Crippen LogP contribution in [0, 0.1) is 5.92 Å². The standard InChI is InChI=1S/C17H33N3O/c1-3-4-11-19(2)14-15-8-12-20(13-9-15)17(21)7-10-18-16-5-6-16/h15-16,18H,3-14H2,1-2H3. The molecule has 1 N–H and O–H groups in total. The second kappa shape index (κ2) is 8.74. The summed E-state index contributed by atoms with van der Waals surface area (Å²) < 4.78 is 0. The number of carbonyl (C=O) groups excluding carboxylic acids is 1. The number of amides is 1. The van der Waals surface area contributed by atoms with Crippen molar-refractivity contribution in [2.45, 2.75) is 57.9 Å². The Bertz CT molecular complexity index is 309. The van der Waals surface area contributed by atoms with E-state index in [1.165, 1.54) is 51.6 Å². The van der Waals surface area contributed by atoms with Crippen LogP contribution in [0.5, 0.6) is 0 Å². The molecule has 0 aromatic rings. The Morgan fingerprint density at radius 1 is 1.24 bits per heavy atom. The molecule has 0 aromatic carbocycles. The van der Waals surface area contributed by atoms with Crippen molar-refractivity contribution < 1.29 is 4.79 Å². The van der Waals surface area contributed by atoms with E-state index in [0.29, 0.717) is 18.4 Å². The lowest BCUT2D eigenvalue weighted by Crippen LogP contribution is -2.42. The highest BCUT2D eigenvalue weighted by molar-refractivity contribution is 5.76. The summed E-state index contributed by atoms with van der Waals surface area (Å²) in [6.07, 6.45) is 8.19. The van der Waals surface area contributed by atoms with Gasteiger partial charge in [0.25, 0.3) is 0 Å². The molecule has 0 aromatic heterocycles. The molecule has 1 aliphatic heterocycles. The first kappa shape index (κ1) is 16.8. The second-order valence-electron chi connectivity index (χ2n) is 6.92. The van der Waals surface area contributed by atoms with Crippen LogP contribution in [0.2, 0.25) is 0 Å². The smallest absolute Gasteiger partial charge is 0.223 e. The van der Waals surface area contributed by atoms with Crippen LogP contribution in [-0.2, 0) is 4.79 Å². The molecule has 2 fully saturated rings. The maximum Gasteiger partial charge on any atom is 0.223 e. The van der Waals surface area contributed by atoms with Gasteiger partial charge in [-0.3, -0.25) is 4.79 Å². The summed E-state index contributed by atoms with van der Waals surface area (Å²) in [5.41, 5.74) is 0. The van der Waals surface area contributed by atoms with Crippen LogP contribution in [0.4, 0.5) is 0 Å². The second-order valence-corrected chi connectivity index (χ2v) is 6.92. The van der Waals surface area contributed by atoms with Crippen LogP contribution >= 0.6 is 0 Å². The number of hydrogen-bond acceptors (Lipinski definition) is 3. The van der Waals surface area contributed by atoms with Crippen molar-refractivity contribution in [2.24, 2.45) is 5.92 Å². The first-order valence-corrected chi connectivity index (χ1v) is 8.88. The lowest BCUT2D eigenvalue weighted by Gasteiger charge is -2.34. The number of hydrogen-bond donors (Lipinski definition) is 1. The van der Waals surface area contributed by atoms with E-state index in [1.807, 2.05) is 0 Å². The molecule has 21 heavy (non-hydrogen) atoms. The van der Waals surface area contributed by atoms with Gasteiger partial charge < -0.3 is 15.1 Å². The molecule has 4 heteroatoms. The van der Waals surface area contributed by atoms with Crippen molar-refractivity contribution in [1.82, 2.24) is 15.1 Å². The number of carbonyl (C=O) groups is 1. The van der Waals surface area contributed by atoms with Crippen molar-refractivity contribution >= 4 is 5.91 Å². The molecule has 1 saturated carbocycles. The van der Waals surface area contributed by atoms with Crippen LogP contribution in [0.1, 0.15) is 51.9 Å². The van der Waals surface area contributed by atoms with Crippen molar-refractivity contribution in [3.63, 3.8) is 0 Å². The molecule has 1 heterocycles. The lowest BCUT2D eigenvalue weighted by molar-refractivity contribution is -0.132. The molecular weight excluding hydrogens is 262 g/mol. The molecule has 4 nitrogen and oxygen atoms in total. The van der Waals surface area contributed by atoms with Crippen molar-refractivity contribution in [3.05, 3.63) is 0 Å². The highest BCUT2D eigenvalue weighted by atomic mass is 16.2. The topological polar surface area (TPSA) is 35.6 Å². The van der Waals surface area contributed by atoms with E-state index in [2.05, 4.69) is 29.1 Å². The van der Waals surface area contributed by atoms with E-state index in [0.717, 1.165) is 25.6 Å². The van der Waals surface area contributed by atoms with Crippen molar-refractivity contribution in [2.75, 3.05) is 39.8 Å². The molecule has 0 bridgehead atoms. The predicted molar refractivity (Wildman–Crippen MR) is 87.4 cm³/mol. The maximum atomic E-state index is 12.1.